The largest absolute Gasteiger partial charge is 0.496 e. The maximum absolute atomic E-state index is 5.38. The van der Waals surface area contributed by atoms with Gasteiger partial charge in [-0.3, -0.25) is 0 Å². The highest BCUT2D eigenvalue weighted by molar-refractivity contribution is 7.80. The molecule has 2 nitrogen and oxygen atoms in total. The van der Waals surface area contributed by atoms with Crippen molar-refractivity contribution in [2.75, 3.05) is 26.5 Å². The van der Waals surface area contributed by atoms with Gasteiger partial charge in [-0.2, -0.15) is 12.6 Å². The summed E-state index contributed by atoms with van der Waals surface area (Å²) >= 11 is 4.44. The summed E-state index contributed by atoms with van der Waals surface area (Å²) in [6.07, 6.45) is 2.48. The number of methoxy groups -OCH3 is 1. The molecule has 0 aliphatic carbocycles. The quantitative estimate of drug-likeness (QED) is 0.724. The molecule has 102 valence electrons. The van der Waals surface area contributed by atoms with E-state index in [1.54, 1.807) is 7.11 Å². The van der Waals surface area contributed by atoms with E-state index in [0.717, 1.165) is 24.6 Å². The van der Waals surface area contributed by atoms with Gasteiger partial charge in [0.1, 0.15) is 5.75 Å². The first-order valence-electron chi connectivity index (χ1n) is 6.62. The van der Waals surface area contributed by atoms with Gasteiger partial charge in [0.2, 0.25) is 0 Å². The molecule has 0 heterocycles. The smallest absolute Gasteiger partial charge is 0.123 e. The summed E-state index contributed by atoms with van der Waals surface area (Å²) in [5, 5.41) is 0. The van der Waals surface area contributed by atoms with E-state index in [0.29, 0.717) is 5.92 Å². The molecule has 1 aromatic carbocycles. The molecule has 0 spiro atoms. The van der Waals surface area contributed by atoms with E-state index in [-0.39, 0.29) is 0 Å². The van der Waals surface area contributed by atoms with E-state index >= 15 is 0 Å². The van der Waals surface area contributed by atoms with Gasteiger partial charge in [-0.25, -0.2) is 0 Å². The standard InChI is InChI=1S/C15H25NOS/c1-4-7-13(12-18)10-16(2)11-14-8-5-6-9-15(14)17-3/h5-6,8-9,13,18H,4,7,10-12H2,1-3H3. The second-order valence-electron chi connectivity index (χ2n) is 4.85. The van der Waals surface area contributed by atoms with Crippen molar-refractivity contribution in [3.63, 3.8) is 0 Å². The predicted octanol–water partition coefficient (Wildman–Crippen LogP) is 3.47. The Labute approximate surface area is 117 Å². The van der Waals surface area contributed by atoms with Crippen molar-refractivity contribution in [3.05, 3.63) is 29.8 Å². The van der Waals surface area contributed by atoms with Gasteiger partial charge in [0.25, 0.3) is 0 Å². The van der Waals surface area contributed by atoms with Crippen molar-refractivity contribution >= 4 is 12.6 Å². The monoisotopic (exact) mass is 267 g/mol. The Morgan fingerprint density at radius 2 is 2.06 bits per heavy atom. The van der Waals surface area contributed by atoms with Gasteiger partial charge in [-0.15, -0.1) is 0 Å². The van der Waals surface area contributed by atoms with Crippen LogP contribution < -0.4 is 4.74 Å². The van der Waals surface area contributed by atoms with Gasteiger partial charge in [-0.05, 0) is 31.2 Å². The lowest BCUT2D eigenvalue weighted by Gasteiger charge is -2.23. The van der Waals surface area contributed by atoms with Crippen LogP contribution in [0.2, 0.25) is 0 Å². The molecular formula is C15H25NOS. The van der Waals surface area contributed by atoms with Crippen molar-refractivity contribution in [1.82, 2.24) is 4.90 Å². The summed E-state index contributed by atoms with van der Waals surface area (Å²) < 4.78 is 5.38. The third kappa shape index (κ3) is 4.91. The molecule has 0 amide bonds. The minimum atomic E-state index is 0.679. The highest BCUT2D eigenvalue weighted by Gasteiger charge is 2.11. The summed E-state index contributed by atoms with van der Waals surface area (Å²) in [5.74, 6) is 2.62. The molecule has 0 aromatic heterocycles. The lowest BCUT2D eigenvalue weighted by molar-refractivity contribution is 0.269. The highest BCUT2D eigenvalue weighted by Crippen LogP contribution is 2.19. The first kappa shape index (κ1) is 15.4. The van der Waals surface area contributed by atoms with Gasteiger partial charge < -0.3 is 9.64 Å². The van der Waals surface area contributed by atoms with Crippen molar-refractivity contribution in [2.45, 2.75) is 26.3 Å². The second kappa shape index (κ2) is 8.44. The van der Waals surface area contributed by atoms with Crippen LogP contribution in [-0.4, -0.2) is 31.4 Å². The lowest BCUT2D eigenvalue weighted by atomic mass is 10.1. The van der Waals surface area contributed by atoms with E-state index in [1.807, 2.05) is 12.1 Å². The number of benzene rings is 1. The molecule has 0 radical (unpaired) electrons. The van der Waals surface area contributed by atoms with Crippen molar-refractivity contribution in [1.29, 1.82) is 0 Å². The van der Waals surface area contributed by atoms with Gasteiger partial charge in [-0.1, -0.05) is 31.5 Å². The second-order valence-corrected chi connectivity index (χ2v) is 5.21. The van der Waals surface area contributed by atoms with Gasteiger partial charge in [0.05, 0.1) is 7.11 Å². The number of hydrogen-bond donors (Lipinski definition) is 1. The third-order valence-corrected chi connectivity index (χ3v) is 3.67. The van der Waals surface area contributed by atoms with Crippen LogP contribution in [0.4, 0.5) is 0 Å². The summed E-state index contributed by atoms with van der Waals surface area (Å²) in [7, 11) is 3.89. The average Bonchev–Trinajstić information content (AvgIpc) is 2.38. The van der Waals surface area contributed by atoms with Crippen LogP contribution in [0.5, 0.6) is 5.75 Å². The first-order chi connectivity index (χ1) is 8.71. The number of thiol groups is 1. The highest BCUT2D eigenvalue weighted by atomic mass is 32.1. The number of hydrogen-bond acceptors (Lipinski definition) is 3. The van der Waals surface area contributed by atoms with Crippen LogP contribution in [0.25, 0.3) is 0 Å². The number of ether oxygens (including phenoxy) is 1. The van der Waals surface area contributed by atoms with E-state index in [4.69, 9.17) is 4.74 Å². The molecule has 0 aliphatic heterocycles. The number of nitrogens with zero attached hydrogens (tertiary/aromatic N) is 1. The molecule has 1 aromatic rings. The zero-order valence-corrected chi connectivity index (χ0v) is 12.6. The Kier molecular flexibility index (Phi) is 7.21. The molecule has 3 heteroatoms. The minimum absolute atomic E-state index is 0.679. The first-order valence-corrected chi connectivity index (χ1v) is 7.25. The molecule has 0 saturated carbocycles. The molecule has 0 aliphatic rings. The van der Waals surface area contributed by atoms with Gasteiger partial charge in [0, 0.05) is 18.7 Å². The Balaban J connectivity index is 2.55. The number of rotatable bonds is 8. The Morgan fingerprint density at radius 3 is 2.67 bits per heavy atom. The average molecular weight is 267 g/mol. The van der Waals surface area contributed by atoms with Crippen LogP contribution in [0.15, 0.2) is 24.3 Å². The zero-order chi connectivity index (χ0) is 13.4. The van der Waals surface area contributed by atoms with E-state index in [2.05, 4.69) is 43.6 Å². The fourth-order valence-corrected chi connectivity index (χ4v) is 2.58. The minimum Gasteiger partial charge on any atom is -0.496 e. The zero-order valence-electron chi connectivity index (χ0n) is 11.7. The summed E-state index contributed by atoms with van der Waals surface area (Å²) in [6.45, 7) is 4.25. The maximum atomic E-state index is 5.38. The Morgan fingerprint density at radius 1 is 1.33 bits per heavy atom. The van der Waals surface area contributed by atoms with Crippen molar-refractivity contribution in [3.8, 4) is 5.75 Å². The molecule has 1 atom stereocenters. The lowest BCUT2D eigenvalue weighted by Crippen LogP contribution is -2.26. The van der Waals surface area contributed by atoms with Crippen molar-refractivity contribution < 1.29 is 4.74 Å². The fourth-order valence-electron chi connectivity index (χ4n) is 2.28. The fraction of sp³-hybridized carbons (Fsp3) is 0.600. The van der Waals surface area contributed by atoms with Crippen LogP contribution in [0.1, 0.15) is 25.3 Å². The molecule has 18 heavy (non-hydrogen) atoms. The molecule has 0 saturated heterocycles. The Hall–Kier alpha value is -0.670. The molecular weight excluding hydrogens is 242 g/mol. The van der Waals surface area contributed by atoms with Crippen LogP contribution >= 0.6 is 12.6 Å². The summed E-state index contributed by atoms with van der Waals surface area (Å²) in [4.78, 5) is 2.36. The van der Waals surface area contributed by atoms with Gasteiger partial charge >= 0.3 is 0 Å². The van der Waals surface area contributed by atoms with Crippen LogP contribution in [-0.2, 0) is 6.54 Å². The molecule has 0 fully saturated rings. The van der Waals surface area contributed by atoms with E-state index in [9.17, 15) is 0 Å². The molecule has 1 unspecified atom stereocenters. The predicted molar refractivity (Wildman–Crippen MR) is 81.6 cm³/mol. The SMILES string of the molecule is CCCC(CS)CN(C)Cc1ccccc1OC. The van der Waals surface area contributed by atoms with E-state index < -0.39 is 0 Å². The molecule has 1 rings (SSSR count). The normalized spacial score (nSPS) is 12.7. The summed E-state index contributed by atoms with van der Waals surface area (Å²) in [5.41, 5.74) is 1.25. The third-order valence-electron chi connectivity index (χ3n) is 3.16. The maximum Gasteiger partial charge on any atom is 0.123 e. The summed E-state index contributed by atoms with van der Waals surface area (Å²) in [6, 6.07) is 8.22. The van der Waals surface area contributed by atoms with Crippen LogP contribution in [0.3, 0.4) is 0 Å². The topological polar surface area (TPSA) is 12.5 Å². The number of para-hydroxylation sites is 1. The molecule has 0 N–H and O–H groups in total. The molecule has 0 bridgehead atoms. The Bertz CT molecular complexity index is 343. The van der Waals surface area contributed by atoms with Gasteiger partial charge in [0.15, 0.2) is 0 Å². The van der Waals surface area contributed by atoms with Crippen molar-refractivity contribution in [2.24, 2.45) is 5.92 Å². The van der Waals surface area contributed by atoms with E-state index in [1.165, 1.54) is 18.4 Å². The van der Waals surface area contributed by atoms with Crippen LogP contribution in [0, 0.1) is 5.92 Å².